The minimum absolute atomic E-state index is 0.0298. The number of thiophene rings is 1. The van der Waals surface area contributed by atoms with Crippen molar-refractivity contribution in [2.45, 2.75) is 33.6 Å². The van der Waals surface area contributed by atoms with Crippen molar-refractivity contribution in [1.82, 2.24) is 4.90 Å². The van der Waals surface area contributed by atoms with Crippen LogP contribution in [0.4, 0.5) is 0 Å². The SMILES string of the molecule is CCC1(C(=O)O)CCN(C(=O)c2cc(C)c(C)s2)C1. The third-order valence-electron chi connectivity index (χ3n) is 4.15. The van der Waals surface area contributed by atoms with Crippen molar-refractivity contribution in [3.63, 3.8) is 0 Å². The molecule has 0 saturated carbocycles. The van der Waals surface area contributed by atoms with Gasteiger partial charge in [-0.1, -0.05) is 6.92 Å². The molecule has 1 unspecified atom stereocenters. The van der Waals surface area contributed by atoms with Crippen LogP contribution < -0.4 is 0 Å². The second kappa shape index (κ2) is 4.96. The Morgan fingerprint density at radius 3 is 2.58 bits per heavy atom. The highest BCUT2D eigenvalue weighted by atomic mass is 32.1. The Hall–Kier alpha value is -1.36. The van der Waals surface area contributed by atoms with Gasteiger partial charge in [-0.3, -0.25) is 9.59 Å². The Morgan fingerprint density at radius 1 is 1.47 bits per heavy atom. The number of carboxylic acids is 1. The predicted octanol–water partition coefficient (Wildman–Crippen LogP) is 2.69. The van der Waals surface area contributed by atoms with E-state index in [4.69, 9.17) is 0 Å². The topological polar surface area (TPSA) is 57.6 Å². The lowest BCUT2D eigenvalue weighted by molar-refractivity contribution is -0.148. The monoisotopic (exact) mass is 281 g/mol. The van der Waals surface area contributed by atoms with Gasteiger partial charge in [-0.05, 0) is 38.3 Å². The van der Waals surface area contributed by atoms with Crippen molar-refractivity contribution < 1.29 is 14.7 Å². The molecule has 1 atom stereocenters. The van der Waals surface area contributed by atoms with Gasteiger partial charge in [-0.2, -0.15) is 0 Å². The number of amides is 1. The third kappa shape index (κ3) is 2.39. The van der Waals surface area contributed by atoms with E-state index in [0.29, 0.717) is 30.8 Å². The van der Waals surface area contributed by atoms with E-state index in [1.54, 1.807) is 4.90 Å². The molecule has 0 spiro atoms. The number of carboxylic acid groups (broad SMARTS) is 1. The Kier molecular flexibility index (Phi) is 3.67. The fourth-order valence-corrected chi connectivity index (χ4v) is 3.50. The summed E-state index contributed by atoms with van der Waals surface area (Å²) in [5.41, 5.74) is 0.365. The van der Waals surface area contributed by atoms with Crippen molar-refractivity contribution in [1.29, 1.82) is 0 Å². The molecule has 1 aliphatic heterocycles. The molecule has 1 saturated heterocycles. The maximum atomic E-state index is 12.4. The van der Waals surface area contributed by atoms with Crippen LogP contribution in [0.5, 0.6) is 0 Å². The molecule has 1 aromatic heterocycles. The average molecular weight is 281 g/mol. The normalized spacial score (nSPS) is 22.8. The van der Waals surface area contributed by atoms with Crippen molar-refractivity contribution in [3.8, 4) is 0 Å². The number of nitrogens with zero attached hydrogens (tertiary/aromatic N) is 1. The molecule has 1 N–H and O–H groups in total. The quantitative estimate of drug-likeness (QED) is 0.926. The zero-order valence-corrected chi connectivity index (χ0v) is 12.3. The van der Waals surface area contributed by atoms with Crippen LogP contribution in [0.15, 0.2) is 6.07 Å². The predicted molar refractivity (Wildman–Crippen MR) is 74.7 cm³/mol. The molecule has 0 bridgehead atoms. The maximum Gasteiger partial charge on any atom is 0.311 e. The van der Waals surface area contributed by atoms with Crippen molar-refractivity contribution in [2.24, 2.45) is 5.41 Å². The summed E-state index contributed by atoms with van der Waals surface area (Å²) in [4.78, 5) is 27.3. The Balaban J connectivity index is 2.17. The van der Waals surface area contributed by atoms with E-state index < -0.39 is 11.4 Å². The zero-order chi connectivity index (χ0) is 14.2. The number of carbonyl (C=O) groups is 2. The van der Waals surface area contributed by atoms with E-state index in [1.165, 1.54) is 11.3 Å². The summed E-state index contributed by atoms with van der Waals surface area (Å²) in [6.07, 6.45) is 1.11. The Labute approximate surface area is 117 Å². The van der Waals surface area contributed by atoms with Crippen LogP contribution in [-0.2, 0) is 4.79 Å². The van der Waals surface area contributed by atoms with Crippen LogP contribution in [0, 0.1) is 19.3 Å². The summed E-state index contributed by atoms with van der Waals surface area (Å²) in [5, 5.41) is 9.35. The highest BCUT2D eigenvalue weighted by molar-refractivity contribution is 7.14. The van der Waals surface area contributed by atoms with E-state index >= 15 is 0 Å². The second-order valence-electron chi connectivity index (χ2n) is 5.27. The van der Waals surface area contributed by atoms with Crippen molar-refractivity contribution in [3.05, 3.63) is 21.4 Å². The molecule has 1 aromatic rings. The van der Waals surface area contributed by atoms with Crippen LogP contribution in [-0.4, -0.2) is 35.0 Å². The van der Waals surface area contributed by atoms with E-state index in [9.17, 15) is 14.7 Å². The first-order chi connectivity index (χ1) is 8.89. The van der Waals surface area contributed by atoms with Crippen LogP contribution in [0.2, 0.25) is 0 Å². The van der Waals surface area contributed by atoms with Gasteiger partial charge in [0.05, 0.1) is 10.3 Å². The fourth-order valence-electron chi connectivity index (χ4n) is 2.49. The van der Waals surface area contributed by atoms with Gasteiger partial charge < -0.3 is 10.0 Å². The molecule has 4 nitrogen and oxygen atoms in total. The van der Waals surface area contributed by atoms with Crippen molar-refractivity contribution in [2.75, 3.05) is 13.1 Å². The molecule has 2 rings (SSSR count). The lowest BCUT2D eigenvalue weighted by Gasteiger charge is -2.22. The summed E-state index contributed by atoms with van der Waals surface area (Å²) in [7, 11) is 0. The first-order valence-electron chi connectivity index (χ1n) is 6.49. The molecule has 0 aliphatic carbocycles. The number of hydrogen-bond acceptors (Lipinski definition) is 3. The summed E-state index contributed by atoms with van der Waals surface area (Å²) in [6, 6.07) is 1.90. The summed E-state index contributed by atoms with van der Waals surface area (Å²) < 4.78 is 0. The number of carbonyl (C=O) groups excluding carboxylic acids is 1. The number of aryl methyl sites for hydroxylation is 2. The standard InChI is InChI=1S/C14H19NO3S/c1-4-14(13(17)18)5-6-15(8-14)12(16)11-7-9(2)10(3)19-11/h7H,4-6,8H2,1-3H3,(H,17,18). The van der Waals surface area contributed by atoms with Gasteiger partial charge in [0.15, 0.2) is 0 Å². The second-order valence-corrected chi connectivity index (χ2v) is 6.52. The minimum atomic E-state index is -0.788. The Morgan fingerprint density at radius 2 is 2.16 bits per heavy atom. The maximum absolute atomic E-state index is 12.4. The van der Waals surface area contributed by atoms with E-state index in [2.05, 4.69) is 0 Å². The number of likely N-dealkylation sites (tertiary alicyclic amines) is 1. The lowest BCUT2D eigenvalue weighted by Crippen LogP contribution is -2.36. The first kappa shape index (κ1) is 14.1. The molecule has 0 radical (unpaired) electrons. The molecular formula is C14H19NO3S. The number of aliphatic carboxylic acids is 1. The van der Waals surface area contributed by atoms with Crippen LogP contribution in [0.1, 0.15) is 39.9 Å². The van der Waals surface area contributed by atoms with E-state index in [0.717, 1.165) is 10.4 Å². The summed E-state index contributed by atoms with van der Waals surface area (Å²) in [6.45, 7) is 6.72. The summed E-state index contributed by atoms with van der Waals surface area (Å²) >= 11 is 1.49. The minimum Gasteiger partial charge on any atom is -0.481 e. The van der Waals surface area contributed by atoms with Crippen LogP contribution in [0.3, 0.4) is 0 Å². The molecule has 19 heavy (non-hydrogen) atoms. The molecule has 2 heterocycles. The fraction of sp³-hybridized carbons (Fsp3) is 0.571. The number of hydrogen-bond donors (Lipinski definition) is 1. The first-order valence-corrected chi connectivity index (χ1v) is 7.31. The van der Waals surface area contributed by atoms with E-state index in [1.807, 2.05) is 26.8 Å². The third-order valence-corrected chi connectivity index (χ3v) is 5.29. The number of rotatable bonds is 3. The highest BCUT2D eigenvalue weighted by Gasteiger charge is 2.45. The average Bonchev–Trinajstić information content (AvgIpc) is 2.94. The van der Waals surface area contributed by atoms with Gasteiger partial charge in [0.25, 0.3) is 5.91 Å². The highest BCUT2D eigenvalue weighted by Crippen LogP contribution is 2.35. The Bertz CT molecular complexity index is 503. The molecule has 104 valence electrons. The van der Waals surface area contributed by atoms with Gasteiger partial charge in [-0.15, -0.1) is 11.3 Å². The van der Waals surface area contributed by atoms with Gasteiger partial charge >= 0.3 is 5.97 Å². The molecule has 0 aromatic carbocycles. The summed E-state index contributed by atoms with van der Waals surface area (Å²) in [5.74, 6) is -0.818. The van der Waals surface area contributed by atoms with Crippen molar-refractivity contribution >= 4 is 23.2 Å². The zero-order valence-electron chi connectivity index (χ0n) is 11.5. The van der Waals surface area contributed by atoms with Gasteiger partial charge in [0.2, 0.25) is 0 Å². The van der Waals surface area contributed by atoms with Crippen LogP contribution >= 0.6 is 11.3 Å². The van der Waals surface area contributed by atoms with Gasteiger partial charge in [0.1, 0.15) is 0 Å². The molecular weight excluding hydrogens is 262 g/mol. The molecule has 1 fully saturated rings. The van der Waals surface area contributed by atoms with E-state index in [-0.39, 0.29) is 5.91 Å². The largest absolute Gasteiger partial charge is 0.481 e. The lowest BCUT2D eigenvalue weighted by atomic mass is 9.84. The van der Waals surface area contributed by atoms with Gasteiger partial charge in [-0.25, -0.2) is 0 Å². The smallest absolute Gasteiger partial charge is 0.311 e. The molecule has 1 amide bonds. The van der Waals surface area contributed by atoms with Crippen LogP contribution in [0.25, 0.3) is 0 Å². The molecule has 5 heteroatoms. The molecule has 1 aliphatic rings. The van der Waals surface area contributed by atoms with Gasteiger partial charge in [0, 0.05) is 18.0 Å².